The third kappa shape index (κ3) is 3.89. The van der Waals surface area contributed by atoms with E-state index in [4.69, 9.17) is 11.6 Å². The number of nitrogens with one attached hydrogen (secondary N) is 1. The Morgan fingerprint density at radius 3 is 2.50 bits per heavy atom. The Kier molecular flexibility index (Phi) is 5.24. The quantitative estimate of drug-likeness (QED) is 0.917. The number of aromatic nitrogens is 2. The molecule has 0 bridgehead atoms. The third-order valence-electron chi connectivity index (χ3n) is 4.01. The van der Waals surface area contributed by atoms with E-state index in [0.717, 1.165) is 22.5 Å². The van der Waals surface area contributed by atoms with Crippen LogP contribution in [0.1, 0.15) is 41.9 Å². The van der Waals surface area contributed by atoms with Crippen LogP contribution in [0.15, 0.2) is 24.3 Å². The van der Waals surface area contributed by atoms with Gasteiger partial charge in [0.15, 0.2) is 0 Å². The average Bonchev–Trinajstić information content (AvgIpc) is 2.70. The van der Waals surface area contributed by atoms with Crippen LogP contribution in [0.5, 0.6) is 0 Å². The number of aryl methyl sites for hydroxylation is 2. The first-order chi connectivity index (χ1) is 10.4. The van der Waals surface area contributed by atoms with Crippen LogP contribution in [0, 0.1) is 13.8 Å². The lowest BCUT2D eigenvalue weighted by atomic mass is 10.1. The van der Waals surface area contributed by atoms with Crippen molar-refractivity contribution in [2.75, 3.05) is 0 Å². The fourth-order valence-corrected chi connectivity index (χ4v) is 2.69. The van der Waals surface area contributed by atoms with Gasteiger partial charge in [-0.2, -0.15) is 5.10 Å². The van der Waals surface area contributed by atoms with Gasteiger partial charge < -0.3 is 5.32 Å². The lowest BCUT2D eigenvalue weighted by Gasteiger charge is -2.14. The first kappa shape index (κ1) is 16.6. The molecule has 0 aliphatic carbocycles. The van der Waals surface area contributed by atoms with Gasteiger partial charge in [-0.1, -0.05) is 23.7 Å². The van der Waals surface area contributed by atoms with Crippen molar-refractivity contribution in [1.29, 1.82) is 0 Å². The van der Waals surface area contributed by atoms with Gasteiger partial charge in [-0.15, -0.1) is 0 Å². The Bertz CT molecular complexity index is 661. The van der Waals surface area contributed by atoms with Crippen molar-refractivity contribution in [3.63, 3.8) is 0 Å². The maximum atomic E-state index is 12.1. The molecular formula is C17H22ClN3O. The number of rotatable bonds is 5. The van der Waals surface area contributed by atoms with Crippen molar-refractivity contribution < 1.29 is 4.79 Å². The number of benzene rings is 1. The van der Waals surface area contributed by atoms with E-state index < -0.39 is 0 Å². The topological polar surface area (TPSA) is 46.9 Å². The van der Waals surface area contributed by atoms with Gasteiger partial charge in [-0.05, 0) is 50.5 Å². The number of nitrogens with zero attached hydrogens (tertiary/aromatic N) is 2. The second-order valence-corrected chi connectivity index (χ2v) is 6.05. The van der Waals surface area contributed by atoms with Crippen LogP contribution in [0.3, 0.4) is 0 Å². The maximum absolute atomic E-state index is 12.1. The molecule has 22 heavy (non-hydrogen) atoms. The second kappa shape index (κ2) is 6.97. The van der Waals surface area contributed by atoms with Crippen LogP contribution in [0.4, 0.5) is 0 Å². The molecule has 0 spiro atoms. The molecule has 1 amide bonds. The van der Waals surface area contributed by atoms with Gasteiger partial charge in [-0.25, -0.2) is 0 Å². The molecule has 5 heteroatoms. The predicted octanol–water partition coefficient (Wildman–Crippen LogP) is 3.50. The predicted molar refractivity (Wildman–Crippen MR) is 89.0 cm³/mol. The minimum Gasteiger partial charge on any atom is -0.350 e. The van der Waals surface area contributed by atoms with Crippen molar-refractivity contribution in [2.24, 2.45) is 7.05 Å². The van der Waals surface area contributed by atoms with Crippen LogP contribution in [0.2, 0.25) is 5.02 Å². The summed E-state index contributed by atoms with van der Waals surface area (Å²) in [5.41, 5.74) is 4.33. The van der Waals surface area contributed by atoms with Crippen LogP contribution in [0.25, 0.3) is 0 Å². The maximum Gasteiger partial charge on any atom is 0.220 e. The number of hydrogen-bond acceptors (Lipinski definition) is 2. The molecule has 2 rings (SSSR count). The van der Waals surface area contributed by atoms with E-state index >= 15 is 0 Å². The standard InChI is InChI=1S/C17H22ClN3O/c1-11(14-5-7-15(18)8-6-14)19-17(22)10-9-16-12(2)20-21(4)13(16)3/h5-8,11H,9-10H2,1-4H3,(H,19,22). The summed E-state index contributed by atoms with van der Waals surface area (Å²) in [5, 5.41) is 8.10. The van der Waals surface area contributed by atoms with Crippen molar-refractivity contribution in [1.82, 2.24) is 15.1 Å². The lowest BCUT2D eigenvalue weighted by molar-refractivity contribution is -0.121. The summed E-state index contributed by atoms with van der Waals surface area (Å²) in [6.45, 7) is 5.99. The van der Waals surface area contributed by atoms with E-state index in [1.807, 2.05) is 56.8 Å². The van der Waals surface area contributed by atoms with E-state index in [0.29, 0.717) is 17.9 Å². The SMILES string of the molecule is Cc1nn(C)c(C)c1CCC(=O)NC(C)c1ccc(Cl)cc1. The zero-order chi connectivity index (χ0) is 16.3. The van der Waals surface area contributed by atoms with Gasteiger partial charge in [0.2, 0.25) is 5.91 Å². The molecule has 0 saturated carbocycles. The Balaban J connectivity index is 1.91. The summed E-state index contributed by atoms with van der Waals surface area (Å²) in [6, 6.07) is 7.51. The zero-order valence-electron chi connectivity index (χ0n) is 13.5. The molecule has 4 nitrogen and oxygen atoms in total. The van der Waals surface area contributed by atoms with E-state index in [1.54, 1.807) is 0 Å². The van der Waals surface area contributed by atoms with E-state index in [9.17, 15) is 4.79 Å². The van der Waals surface area contributed by atoms with Crippen molar-refractivity contribution in [2.45, 2.75) is 39.7 Å². The molecule has 1 aromatic carbocycles. The summed E-state index contributed by atoms with van der Waals surface area (Å²) in [7, 11) is 1.93. The zero-order valence-corrected chi connectivity index (χ0v) is 14.2. The minimum atomic E-state index is -0.0270. The second-order valence-electron chi connectivity index (χ2n) is 5.61. The molecule has 118 valence electrons. The Hall–Kier alpha value is -1.81. The highest BCUT2D eigenvalue weighted by Crippen LogP contribution is 2.17. The average molecular weight is 320 g/mol. The number of halogens is 1. The molecule has 0 aliphatic rings. The number of carbonyl (C=O) groups is 1. The van der Waals surface area contributed by atoms with E-state index in [2.05, 4.69) is 10.4 Å². The first-order valence-electron chi connectivity index (χ1n) is 7.42. The molecule has 0 fully saturated rings. The monoisotopic (exact) mass is 319 g/mol. The molecule has 0 aliphatic heterocycles. The summed E-state index contributed by atoms with van der Waals surface area (Å²) in [6.07, 6.45) is 1.18. The molecule has 1 heterocycles. The van der Waals surface area contributed by atoms with Crippen LogP contribution >= 0.6 is 11.6 Å². The molecular weight excluding hydrogens is 298 g/mol. The summed E-state index contributed by atoms with van der Waals surface area (Å²) in [5.74, 6) is 0.0464. The summed E-state index contributed by atoms with van der Waals surface area (Å²) in [4.78, 5) is 12.1. The highest BCUT2D eigenvalue weighted by atomic mass is 35.5. The van der Waals surface area contributed by atoms with Gasteiger partial charge in [-0.3, -0.25) is 9.48 Å². The van der Waals surface area contributed by atoms with Crippen molar-refractivity contribution in [3.8, 4) is 0 Å². The minimum absolute atomic E-state index is 0.0270. The number of amides is 1. The summed E-state index contributed by atoms with van der Waals surface area (Å²) >= 11 is 5.88. The van der Waals surface area contributed by atoms with Gasteiger partial charge in [0.05, 0.1) is 11.7 Å². The largest absolute Gasteiger partial charge is 0.350 e. The fourth-order valence-electron chi connectivity index (χ4n) is 2.57. The smallest absolute Gasteiger partial charge is 0.220 e. The normalized spacial score (nSPS) is 12.2. The first-order valence-corrected chi connectivity index (χ1v) is 7.80. The Morgan fingerprint density at radius 2 is 1.95 bits per heavy atom. The third-order valence-corrected chi connectivity index (χ3v) is 4.26. The van der Waals surface area contributed by atoms with Crippen LogP contribution in [-0.4, -0.2) is 15.7 Å². The van der Waals surface area contributed by atoms with Gasteiger partial charge in [0.1, 0.15) is 0 Å². The van der Waals surface area contributed by atoms with E-state index in [1.165, 1.54) is 0 Å². The van der Waals surface area contributed by atoms with Crippen molar-refractivity contribution >= 4 is 17.5 Å². The molecule has 1 unspecified atom stereocenters. The molecule has 0 saturated heterocycles. The van der Waals surface area contributed by atoms with Gasteiger partial charge in [0.25, 0.3) is 0 Å². The van der Waals surface area contributed by atoms with E-state index in [-0.39, 0.29) is 11.9 Å². The molecule has 0 radical (unpaired) electrons. The lowest BCUT2D eigenvalue weighted by Crippen LogP contribution is -2.26. The molecule has 1 atom stereocenters. The molecule has 1 aromatic heterocycles. The highest BCUT2D eigenvalue weighted by Gasteiger charge is 2.13. The van der Waals surface area contributed by atoms with Crippen molar-refractivity contribution in [3.05, 3.63) is 51.8 Å². The molecule has 1 N–H and O–H groups in total. The van der Waals surface area contributed by atoms with Crippen LogP contribution in [-0.2, 0) is 18.3 Å². The Morgan fingerprint density at radius 1 is 1.32 bits per heavy atom. The fraction of sp³-hybridized carbons (Fsp3) is 0.412. The Labute approximate surface area is 136 Å². The van der Waals surface area contributed by atoms with Crippen LogP contribution < -0.4 is 5.32 Å². The number of carbonyl (C=O) groups excluding carboxylic acids is 1. The molecule has 2 aromatic rings. The van der Waals surface area contributed by atoms with Gasteiger partial charge >= 0.3 is 0 Å². The highest BCUT2D eigenvalue weighted by molar-refractivity contribution is 6.30. The number of hydrogen-bond donors (Lipinski definition) is 1. The van der Waals surface area contributed by atoms with Gasteiger partial charge in [0, 0.05) is 24.2 Å². The summed E-state index contributed by atoms with van der Waals surface area (Å²) < 4.78 is 1.86.